The fraction of sp³-hybridized carbons (Fsp3) is 0.333. The van der Waals surface area contributed by atoms with E-state index in [1.54, 1.807) is 18.2 Å². The second-order valence-corrected chi connectivity index (χ2v) is 11.5. The van der Waals surface area contributed by atoms with Gasteiger partial charge in [0.1, 0.15) is 18.3 Å². The molecule has 2 amide bonds. The molecule has 0 aliphatic heterocycles. The summed E-state index contributed by atoms with van der Waals surface area (Å²) in [5, 5.41) is 2.85. The molecule has 0 aliphatic carbocycles. The van der Waals surface area contributed by atoms with Gasteiger partial charge in [-0.05, 0) is 49.6 Å². The molecule has 1 N–H and O–H groups in total. The zero-order chi connectivity index (χ0) is 28.6. The van der Waals surface area contributed by atoms with Crippen molar-refractivity contribution in [2.75, 3.05) is 30.8 Å². The second-order valence-electron chi connectivity index (χ2n) is 9.56. The molecule has 9 heteroatoms. The summed E-state index contributed by atoms with van der Waals surface area (Å²) in [5.41, 5.74) is 3.81. The largest absolute Gasteiger partial charge is 0.495 e. The third kappa shape index (κ3) is 8.07. The number of ether oxygens (including phenoxy) is 1. The number of likely N-dealkylation sites (N-methyl/N-ethyl adjacent to an activating group) is 1. The Labute approximate surface area is 231 Å². The number of sulfonamides is 1. The molecule has 0 aliphatic rings. The number of methoxy groups -OCH3 is 1. The van der Waals surface area contributed by atoms with Crippen LogP contribution in [0.4, 0.5) is 5.69 Å². The molecule has 39 heavy (non-hydrogen) atoms. The molecule has 0 unspecified atom stereocenters. The predicted octanol–water partition coefficient (Wildman–Crippen LogP) is 3.85. The van der Waals surface area contributed by atoms with E-state index in [2.05, 4.69) is 5.32 Å². The van der Waals surface area contributed by atoms with Crippen LogP contribution in [0.1, 0.15) is 29.2 Å². The topological polar surface area (TPSA) is 96.0 Å². The fourth-order valence-electron chi connectivity index (χ4n) is 4.44. The van der Waals surface area contributed by atoms with Gasteiger partial charge in [-0.3, -0.25) is 13.9 Å². The Hall–Kier alpha value is -3.85. The van der Waals surface area contributed by atoms with E-state index >= 15 is 0 Å². The predicted molar refractivity (Wildman–Crippen MR) is 154 cm³/mol. The van der Waals surface area contributed by atoms with Crippen LogP contribution in [0.3, 0.4) is 0 Å². The number of hydrogen-bond donors (Lipinski definition) is 1. The standard InChI is InChI=1S/C30H37N3O5S/c1-6-31-30(35)27(19-24-12-8-7-9-13-24)32(20-25-14-10-11-22(2)17-25)29(34)21-33(39(5,36)37)26-18-23(3)15-16-28(26)38-4/h7-18,27H,6,19-21H2,1-5H3,(H,31,35)/t27-/m1/s1. The van der Waals surface area contributed by atoms with E-state index in [4.69, 9.17) is 4.74 Å². The molecule has 0 saturated heterocycles. The average molecular weight is 552 g/mol. The number of anilines is 1. The van der Waals surface area contributed by atoms with E-state index in [0.717, 1.165) is 32.8 Å². The average Bonchev–Trinajstić information content (AvgIpc) is 2.89. The highest BCUT2D eigenvalue weighted by Crippen LogP contribution is 2.31. The monoisotopic (exact) mass is 551 g/mol. The molecule has 3 aromatic rings. The number of rotatable bonds is 12. The molecule has 0 saturated carbocycles. The quantitative estimate of drug-likeness (QED) is 0.369. The molecule has 3 aromatic carbocycles. The first kappa shape index (κ1) is 29.7. The van der Waals surface area contributed by atoms with Crippen LogP contribution in [0.2, 0.25) is 0 Å². The van der Waals surface area contributed by atoms with Crippen LogP contribution >= 0.6 is 0 Å². The van der Waals surface area contributed by atoms with Gasteiger partial charge in [-0.25, -0.2) is 8.42 Å². The minimum atomic E-state index is -3.89. The van der Waals surface area contributed by atoms with Gasteiger partial charge < -0.3 is 15.0 Å². The Morgan fingerprint density at radius 2 is 1.59 bits per heavy atom. The lowest BCUT2D eigenvalue weighted by atomic mass is 10.0. The van der Waals surface area contributed by atoms with Crippen molar-refractivity contribution in [2.45, 2.75) is 39.8 Å². The number of nitrogens with one attached hydrogen (secondary N) is 1. The SMILES string of the molecule is CCNC(=O)[C@@H](Cc1ccccc1)N(Cc1cccc(C)c1)C(=O)CN(c1cc(C)ccc1OC)S(C)(=O)=O. The Bertz CT molecular complexity index is 1390. The lowest BCUT2D eigenvalue weighted by Crippen LogP contribution is -2.53. The first-order valence-electron chi connectivity index (χ1n) is 12.8. The van der Waals surface area contributed by atoms with Gasteiger partial charge in [-0.15, -0.1) is 0 Å². The summed E-state index contributed by atoms with van der Waals surface area (Å²) in [6.07, 6.45) is 1.33. The van der Waals surface area contributed by atoms with Gasteiger partial charge in [-0.1, -0.05) is 66.2 Å². The van der Waals surface area contributed by atoms with Crippen molar-refractivity contribution in [1.82, 2.24) is 10.2 Å². The molecular weight excluding hydrogens is 514 g/mol. The maximum Gasteiger partial charge on any atom is 0.244 e. The highest BCUT2D eigenvalue weighted by atomic mass is 32.2. The van der Waals surface area contributed by atoms with Crippen LogP contribution < -0.4 is 14.4 Å². The summed E-state index contributed by atoms with van der Waals surface area (Å²) in [4.78, 5) is 29.0. The highest BCUT2D eigenvalue weighted by Gasteiger charge is 2.33. The van der Waals surface area contributed by atoms with Gasteiger partial charge in [0.2, 0.25) is 21.8 Å². The normalized spacial score (nSPS) is 11.9. The van der Waals surface area contributed by atoms with Crippen LogP contribution in [0.25, 0.3) is 0 Å². The lowest BCUT2D eigenvalue weighted by molar-refractivity contribution is -0.140. The Morgan fingerprint density at radius 1 is 0.923 bits per heavy atom. The minimum Gasteiger partial charge on any atom is -0.495 e. The van der Waals surface area contributed by atoms with Gasteiger partial charge in [0.15, 0.2) is 0 Å². The van der Waals surface area contributed by atoms with E-state index in [1.165, 1.54) is 12.0 Å². The summed E-state index contributed by atoms with van der Waals surface area (Å²) < 4.78 is 32.5. The molecule has 0 radical (unpaired) electrons. The molecule has 0 fully saturated rings. The number of amides is 2. The third-order valence-corrected chi connectivity index (χ3v) is 7.47. The summed E-state index contributed by atoms with van der Waals surface area (Å²) >= 11 is 0. The van der Waals surface area contributed by atoms with E-state index in [1.807, 2.05) is 75.4 Å². The van der Waals surface area contributed by atoms with Crippen molar-refractivity contribution in [2.24, 2.45) is 0 Å². The van der Waals surface area contributed by atoms with Crippen molar-refractivity contribution < 1.29 is 22.7 Å². The van der Waals surface area contributed by atoms with Gasteiger partial charge in [0.05, 0.1) is 19.1 Å². The van der Waals surface area contributed by atoms with Crippen molar-refractivity contribution in [1.29, 1.82) is 0 Å². The molecule has 0 aromatic heterocycles. The molecule has 8 nitrogen and oxygen atoms in total. The number of carbonyl (C=O) groups is 2. The van der Waals surface area contributed by atoms with Gasteiger partial charge >= 0.3 is 0 Å². The first-order chi connectivity index (χ1) is 18.5. The van der Waals surface area contributed by atoms with Crippen LogP contribution in [0, 0.1) is 13.8 Å². The lowest BCUT2D eigenvalue weighted by Gasteiger charge is -2.33. The van der Waals surface area contributed by atoms with Crippen LogP contribution in [0.5, 0.6) is 5.75 Å². The minimum absolute atomic E-state index is 0.137. The smallest absolute Gasteiger partial charge is 0.244 e. The van der Waals surface area contributed by atoms with Crippen molar-refractivity contribution >= 4 is 27.5 Å². The summed E-state index contributed by atoms with van der Waals surface area (Å²) in [6.45, 7) is 5.65. The Kier molecular flexibility index (Phi) is 10.1. The zero-order valence-electron chi connectivity index (χ0n) is 23.2. The van der Waals surface area contributed by atoms with Crippen LogP contribution in [0.15, 0.2) is 72.8 Å². The number of carbonyl (C=O) groups excluding carboxylic acids is 2. The van der Waals surface area contributed by atoms with Crippen LogP contribution in [-0.2, 0) is 32.6 Å². The third-order valence-electron chi connectivity index (χ3n) is 6.34. The molecule has 0 spiro atoms. The van der Waals surface area contributed by atoms with Gasteiger partial charge in [0.25, 0.3) is 0 Å². The molecule has 208 valence electrons. The molecule has 0 bridgehead atoms. The van der Waals surface area contributed by atoms with E-state index in [9.17, 15) is 18.0 Å². The van der Waals surface area contributed by atoms with Crippen molar-refractivity contribution in [3.8, 4) is 5.75 Å². The molecule has 0 heterocycles. The number of hydrogen-bond acceptors (Lipinski definition) is 5. The maximum atomic E-state index is 14.1. The Balaban J connectivity index is 2.08. The van der Waals surface area contributed by atoms with Crippen molar-refractivity contribution in [3.63, 3.8) is 0 Å². The van der Waals surface area contributed by atoms with E-state index < -0.39 is 28.5 Å². The molecule has 1 atom stereocenters. The first-order valence-corrected chi connectivity index (χ1v) is 14.7. The number of nitrogens with zero attached hydrogens (tertiary/aromatic N) is 2. The number of aryl methyl sites for hydroxylation is 2. The second kappa shape index (κ2) is 13.3. The fourth-order valence-corrected chi connectivity index (χ4v) is 5.29. The summed E-state index contributed by atoms with van der Waals surface area (Å²) in [7, 11) is -2.44. The highest BCUT2D eigenvalue weighted by molar-refractivity contribution is 7.92. The maximum absolute atomic E-state index is 14.1. The van der Waals surface area contributed by atoms with Crippen LogP contribution in [-0.4, -0.2) is 57.6 Å². The van der Waals surface area contributed by atoms with Gasteiger partial charge in [0, 0.05) is 19.5 Å². The summed E-state index contributed by atoms with van der Waals surface area (Å²) in [6, 6.07) is 21.4. The van der Waals surface area contributed by atoms with E-state index in [-0.39, 0.29) is 24.6 Å². The zero-order valence-corrected chi connectivity index (χ0v) is 24.0. The van der Waals surface area contributed by atoms with E-state index in [0.29, 0.717) is 12.3 Å². The molecule has 3 rings (SSSR count). The van der Waals surface area contributed by atoms with Crippen molar-refractivity contribution in [3.05, 3.63) is 95.1 Å². The summed E-state index contributed by atoms with van der Waals surface area (Å²) in [5.74, 6) is -0.479. The Morgan fingerprint density at radius 3 is 2.21 bits per heavy atom. The van der Waals surface area contributed by atoms with Gasteiger partial charge in [-0.2, -0.15) is 0 Å². The molecular formula is C30H37N3O5S. The number of benzene rings is 3.